The van der Waals surface area contributed by atoms with Gasteiger partial charge in [-0.05, 0) is 39.1 Å². The molecule has 2 rings (SSSR count). The van der Waals surface area contributed by atoms with Gasteiger partial charge < -0.3 is 10.2 Å². The zero-order valence-corrected chi connectivity index (χ0v) is 13.8. The molecule has 5 heteroatoms. The van der Waals surface area contributed by atoms with Gasteiger partial charge in [0.1, 0.15) is 0 Å². The van der Waals surface area contributed by atoms with Crippen molar-refractivity contribution in [2.75, 3.05) is 27.2 Å². The lowest BCUT2D eigenvalue weighted by Gasteiger charge is -2.12. The van der Waals surface area contributed by atoms with E-state index in [0.717, 1.165) is 29.9 Å². The molecule has 1 N–H and O–H groups in total. The second kappa shape index (κ2) is 7.22. The van der Waals surface area contributed by atoms with Gasteiger partial charge in [-0.25, -0.2) is 4.68 Å². The van der Waals surface area contributed by atoms with Gasteiger partial charge >= 0.3 is 0 Å². The molecule has 0 aliphatic rings. The Hall–Kier alpha value is -2.14. The van der Waals surface area contributed by atoms with E-state index in [9.17, 15) is 4.79 Å². The van der Waals surface area contributed by atoms with E-state index in [2.05, 4.69) is 10.4 Å². The Morgan fingerprint density at radius 1 is 1.32 bits per heavy atom. The molecule has 0 atom stereocenters. The number of carbonyl (C=O) groups excluding carboxylic acids is 1. The highest BCUT2D eigenvalue weighted by atomic mass is 16.1. The van der Waals surface area contributed by atoms with E-state index < -0.39 is 0 Å². The molecular weight excluding hydrogens is 276 g/mol. The van der Waals surface area contributed by atoms with Gasteiger partial charge in [-0.2, -0.15) is 5.10 Å². The third kappa shape index (κ3) is 3.54. The van der Waals surface area contributed by atoms with Crippen LogP contribution in [0, 0.1) is 6.92 Å². The summed E-state index contributed by atoms with van der Waals surface area (Å²) < 4.78 is 1.87. The van der Waals surface area contributed by atoms with Crippen molar-refractivity contribution in [3.8, 4) is 5.69 Å². The van der Waals surface area contributed by atoms with Crippen LogP contribution < -0.4 is 5.32 Å². The topological polar surface area (TPSA) is 50.2 Å². The van der Waals surface area contributed by atoms with Crippen LogP contribution in [0.2, 0.25) is 0 Å². The van der Waals surface area contributed by atoms with Crippen LogP contribution in [-0.2, 0) is 6.42 Å². The number of aromatic nitrogens is 2. The molecule has 0 spiro atoms. The van der Waals surface area contributed by atoms with Gasteiger partial charge in [-0.1, -0.05) is 25.1 Å². The van der Waals surface area contributed by atoms with Crippen LogP contribution >= 0.6 is 0 Å². The van der Waals surface area contributed by atoms with Crippen LogP contribution in [0.3, 0.4) is 0 Å². The third-order valence-corrected chi connectivity index (χ3v) is 3.64. The first-order valence-corrected chi connectivity index (χ1v) is 7.60. The van der Waals surface area contributed by atoms with Crippen molar-refractivity contribution in [3.63, 3.8) is 0 Å². The Kier molecular flexibility index (Phi) is 5.33. The first kappa shape index (κ1) is 16.2. The Balaban J connectivity index is 2.24. The number of likely N-dealkylation sites (N-methyl/N-ethyl adjacent to an activating group) is 1. The molecule has 118 valence electrons. The Labute approximate surface area is 131 Å². The molecule has 0 aliphatic heterocycles. The monoisotopic (exact) mass is 300 g/mol. The van der Waals surface area contributed by atoms with Crippen LogP contribution in [0.15, 0.2) is 30.5 Å². The number of hydrogen-bond donors (Lipinski definition) is 1. The zero-order chi connectivity index (χ0) is 16.1. The molecule has 0 radical (unpaired) electrons. The van der Waals surface area contributed by atoms with Crippen LogP contribution in [0.25, 0.3) is 5.69 Å². The van der Waals surface area contributed by atoms with Gasteiger partial charge in [0.2, 0.25) is 0 Å². The molecule has 0 bridgehead atoms. The molecular formula is C17H24N4O. The lowest BCUT2D eigenvalue weighted by Crippen LogP contribution is -2.31. The summed E-state index contributed by atoms with van der Waals surface area (Å²) >= 11 is 0. The molecule has 0 fully saturated rings. The smallest absolute Gasteiger partial charge is 0.254 e. The van der Waals surface area contributed by atoms with E-state index >= 15 is 0 Å². The van der Waals surface area contributed by atoms with E-state index in [-0.39, 0.29) is 5.91 Å². The summed E-state index contributed by atoms with van der Waals surface area (Å²) in [6.07, 6.45) is 2.42. The maximum atomic E-state index is 12.4. The molecule has 1 aromatic carbocycles. The molecule has 0 aliphatic carbocycles. The van der Waals surface area contributed by atoms with Gasteiger partial charge in [0, 0.05) is 13.1 Å². The Morgan fingerprint density at radius 2 is 2.05 bits per heavy atom. The highest BCUT2D eigenvalue weighted by Gasteiger charge is 2.17. The second-order valence-corrected chi connectivity index (χ2v) is 5.62. The molecule has 1 heterocycles. The predicted molar refractivity (Wildman–Crippen MR) is 88.6 cm³/mol. The minimum absolute atomic E-state index is 0.0569. The first-order chi connectivity index (χ1) is 10.5. The zero-order valence-electron chi connectivity index (χ0n) is 13.8. The normalized spacial score (nSPS) is 11.0. The Morgan fingerprint density at radius 3 is 2.68 bits per heavy atom. The summed E-state index contributed by atoms with van der Waals surface area (Å²) in [7, 11) is 3.97. The fraction of sp³-hybridized carbons (Fsp3) is 0.412. The summed E-state index contributed by atoms with van der Waals surface area (Å²) in [5, 5.41) is 7.38. The van der Waals surface area contributed by atoms with E-state index in [1.165, 1.54) is 0 Å². The number of carbonyl (C=O) groups is 1. The summed E-state index contributed by atoms with van der Waals surface area (Å²) in [6.45, 7) is 5.54. The van der Waals surface area contributed by atoms with Crippen LogP contribution in [0.1, 0.15) is 28.5 Å². The fourth-order valence-corrected chi connectivity index (χ4v) is 2.40. The summed E-state index contributed by atoms with van der Waals surface area (Å²) in [5.41, 5.74) is 3.76. The quantitative estimate of drug-likeness (QED) is 0.888. The number of amides is 1. The van der Waals surface area contributed by atoms with E-state index in [0.29, 0.717) is 12.1 Å². The van der Waals surface area contributed by atoms with Crippen molar-refractivity contribution in [2.45, 2.75) is 20.3 Å². The number of nitrogens with one attached hydrogen (secondary N) is 1. The Bertz CT molecular complexity index is 646. The SMILES string of the molecule is CCc1c(C(=O)NCCN(C)C)cnn1-c1ccccc1C. The minimum atomic E-state index is -0.0569. The molecule has 22 heavy (non-hydrogen) atoms. The van der Waals surface area contributed by atoms with Crippen molar-refractivity contribution in [3.05, 3.63) is 47.3 Å². The lowest BCUT2D eigenvalue weighted by atomic mass is 10.1. The summed E-state index contributed by atoms with van der Waals surface area (Å²) in [5.74, 6) is -0.0569. The molecule has 0 saturated carbocycles. The number of hydrogen-bond acceptors (Lipinski definition) is 3. The molecule has 1 amide bonds. The highest BCUT2D eigenvalue weighted by molar-refractivity contribution is 5.95. The molecule has 1 aromatic heterocycles. The summed E-state index contributed by atoms with van der Waals surface area (Å²) in [6, 6.07) is 8.06. The second-order valence-electron chi connectivity index (χ2n) is 5.62. The van der Waals surface area contributed by atoms with Crippen molar-refractivity contribution in [1.82, 2.24) is 20.0 Å². The standard InChI is InChI=1S/C17H24N4O/c1-5-15-14(17(22)18-10-11-20(3)4)12-19-21(15)16-9-7-6-8-13(16)2/h6-9,12H,5,10-11H2,1-4H3,(H,18,22). The van der Waals surface area contributed by atoms with Crippen molar-refractivity contribution >= 4 is 5.91 Å². The summed E-state index contributed by atoms with van der Waals surface area (Å²) in [4.78, 5) is 14.4. The maximum absolute atomic E-state index is 12.4. The largest absolute Gasteiger partial charge is 0.351 e. The minimum Gasteiger partial charge on any atom is -0.351 e. The fourth-order valence-electron chi connectivity index (χ4n) is 2.40. The molecule has 5 nitrogen and oxygen atoms in total. The number of para-hydroxylation sites is 1. The number of benzene rings is 1. The van der Waals surface area contributed by atoms with Gasteiger partial charge in [0.15, 0.2) is 0 Å². The highest BCUT2D eigenvalue weighted by Crippen LogP contribution is 2.18. The van der Waals surface area contributed by atoms with Gasteiger partial charge in [0.05, 0.1) is 23.1 Å². The molecule has 0 saturated heterocycles. The van der Waals surface area contributed by atoms with Crippen LogP contribution in [-0.4, -0.2) is 47.8 Å². The lowest BCUT2D eigenvalue weighted by molar-refractivity contribution is 0.0950. The van der Waals surface area contributed by atoms with Gasteiger partial charge in [0.25, 0.3) is 5.91 Å². The number of nitrogens with zero attached hydrogens (tertiary/aromatic N) is 3. The van der Waals surface area contributed by atoms with E-state index in [1.54, 1.807) is 6.20 Å². The average Bonchev–Trinajstić information content (AvgIpc) is 2.91. The van der Waals surface area contributed by atoms with Crippen molar-refractivity contribution < 1.29 is 4.79 Å². The molecule has 0 unspecified atom stereocenters. The predicted octanol–water partition coefficient (Wildman–Crippen LogP) is 2.03. The van der Waals surface area contributed by atoms with E-state index in [1.807, 2.05) is 61.8 Å². The number of aryl methyl sites for hydroxylation is 1. The van der Waals surface area contributed by atoms with Crippen molar-refractivity contribution in [1.29, 1.82) is 0 Å². The van der Waals surface area contributed by atoms with Crippen LogP contribution in [0.4, 0.5) is 0 Å². The first-order valence-electron chi connectivity index (χ1n) is 7.60. The van der Waals surface area contributed by atoms with Crippen molar-refractivity contribution in [2.24, 2.45) is 0 Å². The van der Waals surface area contributed by atoms with E-state index in [4.69, 9.17) is 0 Å². The average molecular weight is 300 g/mol. The van der Waals surface area contributed by atoms with Crippen LogP contribution in [0.5, 0.6) is 0 Å². The molecule has 2 aromatic rings. The third-order valence-electron chi connectivity index (χ3n) is 3.64. The van der Waals surface area contributed by atoms with Gasteiger partial charge in [-0.3, -0.25) is 4.79 Å². The number of rotatable bonds is 6. The van der Waals surface area contributed by atoms with Gasteiger partial charge in [-0.15, -0.1) is 0 Å². The maximum Gasteiger partial charge on any atom is 0.254 e.